The third-order valence-corrected chi connectivity index (χ3v) is 6.43. The normalized spacial score (nSPS) is 40.7. The van der Waals surface area contributed by atoms with Gasteiger partial charge in [-0.25, -0.2) is 4.79 Å². The van der Waals surface area contributed by atoms with Crippen LogP contribution >= 0.6 is 0 Å². The molecule has 2 fully saturated rings. The SMILES string of the molecule is C/C=C(/C)C(=O)OC1O[C@H]2CC3CCC[C@H](C)C3[C@H](C)C2=C1C. The second-order valence-corrected chi connectivity index (χ2v) is 7.74. The molecular weight excluding hydrogens is 288 g/mol. The zero-order valence-corrected chi connectivity index (χ0v) is 15.1. The number of carbonyl (C=O) groups is 1. The molecule has 0 saturated heterocycles. The van der Waals surface area contributed by atoms with Crippen LogP contribution in [0.2, 0.25) is 0 Å². The minimum atomic E-state index is -0.490. The minimum absolute atomic E-state index is 0.153. The van der Waals surface area contributed by atoms with Gasteiger partial charge in [-0.2, -0.15) is 0 Å². The number of rotatable bonds is 2. The average Bonchev–Trinajstić information content (AvgIpc) is 2.82. The summed E-state index contributed by atoms with van der Waals surface area (Å²) in [4.78, 5) is 12.1. The molecule has 128 valence electrons. The fourth-order valence-electron chi connectivity index (χ4n) is 5.18. The number of fused-ring (bicyclic) bond motifs is 2. The van der Waals surface area contributed by atoms with E-state index in [1.807, 2.05) is 6.92 Å². The Morgan fingerprint density at radius 2 is 2.04 bits per heavy atom. The first-order valence-corrected chi connectivity index (χ1v) is 9.14. The fraction of sp³-hybridized carbons (Fsp3) is 0.750. The monoisotopic (exact) mass is 318 g/mol. The largest absolute Gasteiger partial charge is 0.428 e. The first kappa shape index (κ1) is 16.8. The van der Waals surface area contributed by atoms with Crippen LogP contribution in [0.15, 0.2) is 22.8 Å². The Hall–Kier alpha value is -1.09. The Morgan fingerprint density at radius 3 is 2.74 bits per heavy atom. The molecule has 3 heteroatoms. The van der Waals surface area contributed by atoms with Gasteiger partial charge in [0, 0.05) is 5.57 Å². The molecule has 3 aliphatic rings. The number of allylic oxidation sites excluding steroid dienone is 1. The Bertz CT molecular complexity index is 545. The molecule has 0 N–H and O–H groups in total. The van der Waals surface area contributed by atoms with Crippen LogP contribution in [0.1, 0.15) is 60.3 Å². The van der Waals surface area contributed by atoms with Gasteiger partial charge in [-0.05, 0) is 62.0 Å². The molecule has 3 nitrogen and oxygen atoms in total. The van der Waals surface area contributed by atoms with Crippen LogP contribution in [0.25, 0.3) is 0 Å². The lowest BCUT2D eigenvalue weighted by Gasteiger charge is -2.46. The van der Waals surface area contributed by atoms with Crippen LogP contribution in [-0.2, 0) is 14.3 Å². The molecule has 0 aromatic heterocycles. The lowest BCUT2D eigenvalue weighted by Crippen LogP contribution is -2.41. The number of ether oxygens (including phenoxy) is 2. The van der Waals surface area contributed by atoms with Gasteiger partial charge in [0.05, 0.1) is 6.10 Å². The number of hydrogen-bond donors (Lipinski definition) is 0. The maximum Gasteiger partial charge on any atom is 0.335 e. The molecule has 1 heterocycles. The molecule has 23 heavy (non-hydrogen) atoms. The number of carbonyl (C=O) groups excluding carboxylic acids is 1. The van der Waals surface area contributed by atoms with Crippen molar-refractivity contribution in [3.05, 3.63) is 22.8 Å². The van der Waals surface area contributed by atoms with Crippen molar-refractivity contribution in [1.82, 2.24) is 0 Å². The van der Waals surface area contributed by atoms with Crippen LogP contribution in [0.4, 0.5) is 0 Å². The molecule has 0 radical (unpaired) electrons. The van der Waals surface area contributed by atoms with Gasteiger partial charge < -0.3 is 9.47 Å². The lowest BCUT2D eigenvalue weighted by molar-refractivity contribution is -0.170. The highest BCUT2D eigenvalue weighted by molar-refractivity contribution is 5.87. The Morgan fingerprint density at radius 1 is 1.30 bits per heavy atom. The molecule has 1 aliphatic heterocycles. The number of esters is 1. The minimum Gasteiger partial charge on any atom is -0.428 e. The third kappa shape index (κ3) is 2.88. The van der Waals surface area contributed by atoms with Crippen molar-refractivity contribution in [3.63, 3.8) is 0 Å². The van der Waals surface area contributed by atoms with Gasteiger partial charge in [0.2, 0.25) is 6.29 Å². The second kappa shape index (κ2) is 6.43. The Balaban J connectivity index is 1.81. The van der Waals surface area contributed by atoms with E-state index < -0.39 is 6.29 Å². The highest BCUT2D eigenvalue weighted by Gasteiger charge is 2.48. The zero-order chi connectivity index (χ0) is 16.7. The molecule has 3 unspecified atom stereocenters. The molecular formula is C20H30O3. The zero-order valence-electron chi connectivity index (χ0n) is 15.1. The molecule has 0 amide bonds. The first-order valence-electron chi connectivity index (χ1n) is 9.14. The van der Waals surface area contributed by atoms with Crippen LogP contribution in [0, 0.1) is 23.7 Å². The predicted octanol–water partition coefficient (Wildman–Crippen LogP) is 4.63. The van der Waals surface area contributed by atoms with Crippen LogP contribution < -0.4 is 0 Å². The van der Waals surface area contributed by atoms with E-state index in [2.05, 4.69) is 20.8 Å². The molecule has 0 bridgehead atoms. The Labute approximate surface area is 140 Å². The molecule has 2 saturated carbocycles. The van der Waals surface area contributed by atoms with Gasteiger partial charge >= 0.3 is 5.97 Å². The van der Waals surface area contributed by atoms with Crippen molar-refractivity contribution in [3.8, 4) is 0 Å². The average molecular weight is 318 g/mol. The third-order valence-electron chi connectivity index (χ3n) is 6.43. The predicted molar refractivity (Wildman–Crippen MR) is 90.7 cm³/mol. The van der Waals surface area contributed by atoms with Crippen molar-refractivity contribution in [2.24, 2.45) is 23.7 Å². The highest BCUT2D eigenvalue weighted by Crippen LogP contribution is 2.52. The summed E-state index contributed by atoms with van der Waals surface area (Å²) in [5, 5.41) is 0. The Kier molecular flexibility index (Phi) is 4.68. The summed E-state index contributed by atoms with van der Waals surface area (Å²) in [6, 6.07) is 0. The second-order valence-electron chi connectivity index (χ2n) is 7.74. The van der Waals surface area contributed by atoms with Crippen molar-refractivity contribution in [2.75, 3.05) is 0 Å². The van der Waals surface area contributed by atoms with Gasteiger partial charge in [-0.1, -0.05) is 39.2 Å². The van der Waals surface area contributed by atoms with Gasteiger partial charge in [0.25, 0.3) is 0 Å². The number of hydrogen-bond acceptors (Lipinski definition) is 3. The summed E-state index contributed by atoms with van der Waals surface area (Å²) in [7, 11) is 0. The van der Waals surface area contributed by atoms with E-state index in [1.54, 1.807) is 13.0 Å². The van der Waals surface area contributed by atoms with E-state index in [-0.39, 0.29) is 12.1 Å². The standard InChI is InChI=1S/C20H30O3/c1-6-11(2)19(21)23-20-14(5)18-13(4)17-12(3)8-7-9-15(17)10-16(18)22-20/h6,12-13,15-17,20H,7-10H2,1-5H3/b11-6-/t12-,13-,15?,16-,17?,20?/m0/s1. The summed E-state index contributed by atoms with van der Waals surface area (Å²) in [5.74, 6) is 2.59. The van der Waals surface area contributed by atoms with Crippen molar-refractivity contribution >= 4 is 5.97 Å². The molecule has 3 rings (SSSR count). The fourth-order valence-corrected chi connectivity index (χ4v) is 5.18. The van der Waals surface area contributed by atoms with E-state index in [9.17, 15) is 4.79 Å². The van der Waals surface area contributed by atoms with Crippen molar-refractivity contribution in [2.45, 2.75) is 72.7 Å². The van der Waals surface area contributed by atoms with Crippen LogP contribution in [0.3, 0.4) is 0 Å². The molecule has 6 atom stereocenters. The topological polar surface area (TPSA) is 35.5 Å². The van der Waals surface area contributed by atoms with E-state index in [1.165, 1.54) is 24.8 Å². The van der Waals surface area contributed by atoms with Crippen molar-refractivity contribution < 1.29 is 14.3 Å². The van der Waals surface area contributed by atoms with Gasteiger partial charge in [-0.15, -0.1) is 0 Å². The quantitative estimate of drug-likeness (QED) is 0.423. The van der Waals surface area contributed by atoms with E-state index >= 15 is 0 Å². The maximum atomic E-state index is 12.1. The van der Waals surface area contributed by atoms with Gasteiger partial charge in [0.15, 0.2) is 0 Å². The van der Waals surface area contributed by atoms with Crippen LogP contribution in [0.5, 0.6) is 0 Å². The molecule has 0 aromatic rings. The lowest BCUT2D eigenvalue weighted by atomic mass is 9.59. The molecule has 2 aliphatic carbocycles. The smallest absolute Gasteiger partial charge is 0.335 e. The van der Waals surface area contributed by atoms with E-state index in [4.69, 9.17) is 9.47 Å². The van der Waals surface area contributed by atoms with E-state index in [0.29, 0.717) is 11.5 Å². The van der Waals surface area contributed by atoms with E-state index in [0.717, 1.165) is 29.7 Å². The maximum absolute atomic E-state index is 12.1. The highest BCUT2D eigenvalue weighted by atomic mass is 16.7. The molecule has 0 spiro atoms. The van der Waals surface area contributed by atoms with Crippen LogP contribution in [-0.4, -0.2) is 18.4 Å². The first-order chi connectivity index (χ1) is 10.9. The summed E-state index contributed by atoms with van der Waals surface area (Å²) in [6.07, 6.45) is 6.57. The summed E-state index contributed by atoms with van der Waals surface area (Å²) < 4.78 is 11.8. The summed E-state index contributed by atoms with van der Waals surface area (Å²) >= 11 is 0. The van der Waals surface area contributed by atoms with Gasteiger partial charge in [-0.3, -0.25) is 0 Å². The summed E-state index contributed by atoms with van der Waals surface area (Å²) in [6.45, 7) is 10.5. The summed E-state index contributed by atoms with van der Waals surface area (Å²) in [5.41, 5.74) is 3.18. The van der Waals surface area contributed by atoms with Gasteiger partial charge in [0.1, 0.15) is 0 Å². The van der Waals surface area contributed by atoms with Crippen molar-refractivity contribution in [1.29, 1.82) is 0 Å². The molecule has 0 aromatic carbocycles.